The maximum atomic E-state index is 13.5. The SMILES string of the molecule is C=CCn1cnnc1S[C@H](C)C(=O)Nc1cc(F)ccc1F. The van der Waals surface area contributed by atoms with E-state index in [9.17, 15) is 13.6 Å². The lowest BCUT2D eigenvalue weighted by Gasteiger charge is -2.12. The van der Waals surface area contributed by atoms with Crippen LogP contribution in [0.4, 0.5) is 14.5 Å². The lowest BCUT2D eigenvalue weighted by molar-refractivity contribution is -0.115. The Morgan fingerprint density at radius 1 is 1.55 bits per heavy atom. The standard InChI is InChI=1S/C14H14F2N4OS/c1-3-6-20-8-17-19-14(20)22-9(2)13(21)18-12-7-10(15)4-5-11(12)16/h3-5,7-9H,1,6H2,2H3,(H,18,21)/t9-/m1/s1. The summed E-state index contributed by atoms with van der Waals surface area (Å²) in [4.78, 5) is 12.1. The van der Waals surface area contributed by atoms with Gasteiger partial charge in [-0.25, -0.2) is 8.78 Å². The molecule has 1 amide bonds. The second-order valence-corrected chi connectivity index (χ2v) is 5.74. The van der Waals surface area contributed by atoms with Crippen LogP contribution in [0.2, 0.25) is 0 Å². The molecule has 1 atom stereocenters. The number of hydrogen-bond acceptors (Lipinski definition) is 4. The van der Waals surface area contributed by atoms with Crippen LogP contribution in [-0.4, -0.2) is 25.9 Å². The van der Waals surface area contributed by atoms with Crippen molar-refractivity contribution in [2.45, 2.75) is 23.9 Å². The Kier molecular flexibility index (Phi) is 5.26. The molecule has 0 unspecified atom stereocenters. The number of hydrogen-bond donors (Lipinski definition) is 1. The molecule has 0 saturated heterocycles. The summed E-state index contributed by atoms with van der Waals surface area (Å²) in [6, 6.07) is 2.88. The first-order chi connectivity index (χ1) is 10.5. The predicted octanol–water partition coefficient (Wildman–Crippen LogP) is 2.86. The molecule has 22 heavy (non-hydrogen) atoms. The Labute approximate surface area is 130 Å². The zero-order valence-corrected chi connectivity index (χ0v) is 12.6. The number of benzene rings is 1. The van der Waals surface area contributed by atoms with Crippen molar-refractivity contribution in [3.8, 4) is 0 Å². The summed E-state index contributed by atoms with van der Waals surface area (Å²) in [5.74, 6) is -1.77. The highest BCUT2D eigenvalue weighted by Crippen LogP contribution is 2.23. The zero-order valence-electron chi connectivity index (χ0n) is 11.8. The van der Waals surface area contributed by atoms with Gasteiger partial charge in [0.15, 0.2) is 5.16 Å². The molecule has 0 bridgehead atoms. The highest BCUT2D eigenvalue weighted by atomic mass is 32.2. The maximum Gasteiger partial charge on any atom is 0.237 e. The van der Waals surface area contributed by atoms with Gasteiger partial charge >= 0.3 is 0 Å². The van der Waals surface area contributed by atoms with Gasteiger partial charge in [0.1, 0.15) is 18.0 Å². The van der Waals surface area contributed by atoms with Crippen LogP contribution < -0.4 is 5.32 Å². The summed E-state index contributed by atoms with van der Waals surface area (Å²) >= 11 is 1.17. The van der Waals surface area contributed by atoms with Crippen LogP contribution in [0.15, 0.2) is 42.3 Å². The van der Waals surface area contributed by atoms with Crippen molar-refractivity contribution < 1.29 is 13.6 Å². The van der Waals surface area contributed by atoms with Crippen molar-refractivity contribution in [3.63, 3.8) is 0 Å². The van der Waals surface area contributed by atoms with Crippen LogP contribution in [-0.2, 0) is 11.3 Å². The second-order valence-electron chi connectivity index (χ2n) is 4.43. The minimum atomic E-state index is -0.693. The Morgan fingerprint density at radius 3 is 3.05 bits per heavy atom. The minimum Gasteiger partial charge on any atom is -0.323 e. The molecule has 0 fully saturated rings. The molecule has 2 aromatic rings. The number of anilines is 1. The topological polar surface area (TPSA) is 59.8 Å². The fourth-order valence-corrected chi connectivity index (χ4v) is 2.47. The van der Waals surface area contributed by atoms with Crippen molar-refractivity contribution >= 4 is 23.4 Å². The number of nitrogens with one attached hydrogen (secondary N) is 1. The van der Waals surface area contributed by atoms with Crippen molar-refractivity contribution in [2.75, 3.05) is 5.32 Å². The third-order valence-electron chi connectivity index (χ3n) is 2.74. The van der Waals surface area contributed by atoms with Crippen LogP contribution in [0, 0.1) is 11.6 Å². The van der Waals surface area contributed by atoms with Gasteiger partial charge in [-0.1, -0.05) is 17.8 Å². The monoisotopic (exact) mass is 324 g/mol. The fraction of sp³-hybridized carbons (Fsp3) is 0.214. The number of nitrogens with zero attached hydrogens (tertiary/aromatic N) is 3. The number of allylic oxidation sites excluding steroid dienone is 1. The van der Waals surface area contributed by atoms with Gasteiger partial charge in [-0.3, -0.25) is 4.79 Å². The fourth-order valence-electron chi connectivity index (χ4n) is 1.64. The number of aromatic nitrogens is 3. The van der Waals surface area contributed by atoms with Gasteiger partial charge in [0.05, 0.1) is 10.9 Å². The molecule has 0 saturated carbocycles. The quantitative estimate of drug-likeness (QED) is 0.656. The first kappa shape index (κ1) is 16.2. The Bertz CT molecular complexity index is 689. The van der Waals surface area contributed by atoms with Gasteiger partial charge in [-0.15, -0.1) is 16.8 Å². The van der Waals surface area contributed by atoms with Gasteiger partial charge in [0, 0.05) is 12.6 Å². The van der Waals surface area contributed by atoms with Gasteiger partial charge < -0.3 is 9.88 Å². The van der Waals surface area contributed by atoms with Gasteiger partial charge in [0.2, 0.25) is 5.91 Å². The molecule has 2 rings (SSSR count). The molecular weight excluding hydrogens is 310 g/mol. The molecule has 1 aromatic carbocycles. The first-order valence-electron chi connectivity index (χ1n) is 6.42. The Balaban J connectivity index is 2.04. The molecule has 1 heterocycles. The van der Waals surface area contributed by atoms with Crippen molar-refractivity contribution in [1.29, 1.82) is 0 Å². The molecule has 1 N–H and O–H groups in total. The summed E-state index contributed by atoms with van der Waals surface area (Å²) < 4.78 is 28.3. The van der Waals surface area contributed by atoms with Crippen LogP contribution in [0.1, 0.15) is 6.92 Å². The molecule has 116 valence electrons. The van der Waals surface area contributed by atoms with E-state index < -0.39 is 22.8 Å². The van der Waals surface area contributed by atoms with Crippen molar-refractivity contribution in [1.82, 2.24) is 14.8 Å². The summed E-state index contributed by atoms with van der Waals surface area (Å²) in [7, 11) is 0. The van der Waals surface area contributed by atoms with E-state index in [1.165, 1.54) is 18.1 Å². The smallest absolute Gasteiger partial charge is 0.237 e. The largest absolute Gasteiger partial charge is 0.323 e. The van der Waals surface area contributed by atoms with Crippen LogP contribution in [0.3, 0.4) is 0 Å². The third kappa shape index (κ3) is 3.91. The second kappa shape index (κ2) is 7.17. The number of carbonyl (C=O) groups excluding carboxylic acids is 1. The van der Waals surface area contributed by atoms with E-state index in [0.29, 0.717) is 11.7 Å². The van der Waals surface area contributed by atoms with Crippen LogP contribution >= 0.6 is 11.8 Å². The minimum absolute atomic E-state index is 0.190. The summed E-state index contributed by atoms with van der Waals surface area (Å²) in [5.41, 5.74) is -0.190. The highest BCUT2D eigenvalue weighted by Gasteiger charge is 2.19. The average Bonchev–Trinajstić information content (AvgIpc) is 2.90. The number of amides is 1. The normalized spacial score (nSPS) is 12.0. The highest BCUT2D eigenvalue weighted by molar-refractivity contribution is 8.00. The first-order valence-corrected chi connectivity index (χ1v) is 7.30. The number of carbonyl (C=O) groups is 1. The molecule has 0 aliphatic carbocycles. The molecule has 0 aliphatic rings. The Morgan fingerprint density at radius 2 is 2.32 bits per heavy atom. The number of halogens is 2. The van der Waals surface area contributed by atoms with E-state index >= 15 is 0 Å². The lowest BCUT2D eigenvalue weighted by atomic mass is 10.3. The van der Waals surface area contributed by atoms with E-state index in [0.717, 1.165) is 18.2 Å². The van der Waals surface area contributed by atoms with Gasteiger partial charge in [-0.05, 0) is 19.1 Å². The number of thioether (sulfide) groups is 1. The Hall–Kier alpha value is -2.22. The molecule has 8 heteroatoms. The van der Waals surface area contributed by atoms with Gasteiger partial charge in [0.25, 0.3) is 0 Å². The molecule has 0 aliphatic heterocycles. The summed E-state index contributed by atoms with van der Waals surface area (Å²) in [6.07, 6.45) is 3.21. The predicted molar refractivity (Wildman–Crippen MR) is 80.5 cm³/mol. The van der Waals surface area contributed by atoms with Gasteiger partial charge in [-0.2, -0.15) is 0 Å². The molecule has 5 nitrogen and oxygen atoms in total. The average molecular weight is 324 g/mol. The van der Waals surface area contributed by atoms with Crippen molar-refractivity contribution in [3.05, 3.63) is 48.8 Å². The van der Waals surface area contributed by atoms with E-state index in [4.69, 9.17) is 0 Å². The van der Waals surface area contributed by atoms with E-state index in [-0.39, 0.29) is 5.69 Å². The van der Waals surface area contributed by atoms with Crippen molar-refractivity contribution in [2.24, 2.45) is 0 Å². The van der Waals surface area contributed by atoms with Crippen LogP contribution in [0.5, 0.6) is 0 Å². The molecule has 0 radical (unpaired) electrons. The summed E-state index contributed by atoms with van der Waals surface area (Å²) in [6.45, 7) is 5.78. The van der Waals surface area contributed by atoms with E-state index in [2.05, 4.69) is 22.1 Å². The zero-order chi connectivity index (χ0) is 16.1. The number of rotatable bonds is 6. The lowest BCUT2D eigenvalue weighted by Crippen LogP contribution is -2.23. The van der Waals surface area contributed by atoms with E-state index in [1.807, 2.05) is 0 Å². The van der Waals surface area contributed by atoms with Crippen LogP contribution in [0.25, 0.3) is 0 Å². The third-order valence-corrected chi connectivity index (χ3v) is 3.84. The maximum absolute atomic E-state index is 13.5. The molecular formula is C14H14F2N4OS. The van der Waals surface area contributed by atoms with E-state index in [1.54, 1.807) is 17.6 Å². The summed E-state index contributed by atoms with van der Waals surface area (Å²) in [5, 5.41) is 10.0. The molecule has 0 spiro atoms. The molecule has 1 aromatic heterocycles.